The lowest BCUT2D eigenvalue weighted by molar-refractivity contribution is -0.143. The van der Waals surface area contributed by atoms with Gasteiger partial charge in [0.25, 0.3) is 0 Å². The van der Waals surface area contributed by atoms with Crippen LogP contribution in [0, 0.1) is 0 Å². The Bertz CT molecular complexity index is 1080. The third-order valence-corrected chi connectivity index (χ3v) is 4.16. The number of esters is 1. The smallest absolute Gasteiger partial charge is 0.434 e. The molecular weight excluding hydrogens is 413 g/mol. The maximum atomic E-state index is 13.6. The monoisotopic (exact) mass is 432 g/mol. The number of rotatable bonds is 6. The van der Waals surface area contributed by atoms with Crippen LogP contribution in [0.25, 0.3) is 11.4 Å². The highest BCUT2D eigenvalue weighted by Crippen LogP contribution is 2.34. The van der Waals surface area contributed by atoms with E-state index < -0.39 is 23.4 Å². The van der Waals surface area contributed by atoms with Gasteiger partial charge in [0.2, 0.25) is 0 Å². The highest BCUT2D eigenvalue weighted by Gasteiger charge is 2.41. The van der Waals surface area contributed by atoms with Gasteiger partial charge in [0, 0.05) is 12.4 Å². The molecule has 2 heterocycles. The predicted octanol–water partition coefficient (Wildman–Crippen LogP) is 3.10. The van der Waals surface area contributed by atoms with Crippen molar-refractivity contribution in [3.05, 3.63) is 78.0 Å². The SMILES string of the molecule is CCOC(=O)c1cnn(-c2ccc(N(N)/C=C(\N)c3ccccn3)cc2)c1C(F)(F)F. The summed E-state index contributed by atoms with van der Waals surface area (Å²) in [7, 11) is 0. The molecule has 3 aromatic rings. The van der Waals surface area contributed by atoms with E-state index >= 15 is 0 Å². The minimum atomic E-state index is -4.82. The van der Waals surface area contributed by atoms with Gasteiger partial charge in [0.1, 0.15) is 5.56 Å². The van der Waals surface area contributed by atoms with E-state index in [2.05, 4.69) is 10.1 Å². The van der Waals surface area contributed by atoms with Gasteiger partial charge in [-0.3, -0.25) is 9.99 Å². The number of carbonyl (C=O) groups excluding carboxylic acids is 1. The number of hydrazine groups is 1. The van der Waals surface area contributed by atoms with E-state index in [9.17, 15) is 18.0 Å². The van der Waals surface area contributed by atoms with Crippen LogP contribution in [0.1, 0.15) is 28.7 Å². The Balaban J connectivity index is 1.90. The molecule has 3 rings (SSSR count). The number of carbonyl (C=O) groups is 1. The molecule has 162 valence electrons. The van der Waals surface area contributed by atoms with Crippen LogP contribution in [-0.2, 0) is 10.9 Å². The highest BCUT2D eigenvalue weighted by molar-refractivity contribution is 5.90. The van der Waals surface area contributed by atoms with E-state index in [0.717, 1.165) is 6.20 Å². The van der Waals surface area contributed by atoms with Gasteiger partial charge in [0.15, 0.2) is 5.69 Å². The fraction of sp³-hybridized carbons (Fsp3) is 0.150. The van der Waals surface area contributed by atoms with Gasteiger partial charge in [-0.05, 0) is 43.3 Å². The standard InChI is InChI=1S/C20H19F3N6O2/c1-2-31-19(30)15-11-27-29(18(15)20(21,22)23)14-8-6-13(7-9-14)28(25)12-16(24)17-5-3-4-10-26-17/h3-12H,2,24-25H2,1H3/b16-12-. The summed E-state index contributed by atoms with van der Waals surface area (Å²) in [5, 5.41) is 4.94. The average Bonchev–Trinajstić information content (AvgIpc) is 3.20. The van der Waals surface area contributed by atoms with Crippen LogP contribution in [0.4, 0.5) is 18.9 Å². The molecule has 2 aromatic heterocycles. The summed E-state index contributed by atoms with van der Waals surface area (Å²) in [6.45, 7) is 1.44. The van der Waals surface area contributed by atoms with E-state index in [4.69, 9.17) is 16.3 Å². The number of pyridine rings is 1. The van der Waals surface area contributed by atoms with Gasteiger partial charge in [0.05, 0.1) is 35.6 Å². The van der Waals surface area contributed by atoms with E-state index in [0.29, 0.717) is 21.8 Å². The lowest BCUT2D eigenvalue weighted by Gasteiger charge is -2.16. The zero-order valence-corrected chi connectivity index (χ0v) is 16.4. The van der Waals surface area contributed by atoms with Crippen molar-refractivity contribution in [2.75, 3.05) is 11.6 Å². The highest BCUT2D eigenvalue weighted by atomic mass is 19.4. The number of halogens is 3. The van der Waals surface area contributed by atoms with E-state index in [1.54, 1.807) is 24.4 Å². The van der Waals surface area contributed by atoms with Crippen molar-refractivity contribution in [2.24, 2.45) is 11.6 Å². The second-order valence-electron chi connectivity index (χ2n) is 6.26. The molecule has 4 N–H and O–H groups in total. The molecule has 0 saturated carbocycles. The number of anilines is 1. The van der Waals surface area contributed by atoms with Gasteiger partial charge in [-0.25, -0.2) is 15.3 Å². The fourth-order valence-electron chi connectivity index (χ4n) is 2.77. The van der Waals surface area contributed by atoms with Crippen LogP contribution in [0.3, 0.4) is 0 Å². The number of ether oxygens (including phenoxy) is 1. The summed E-state index contributed by atoms with van der Waals surface area (Å²) in [4.78, 5) is 16.0. The second-order valence-corrected chi connectivity index (χ2v) is 6.26. The molecule has 31 heavy (non-hydrogen) atoms. The van der Waals surface area contributed by atoms with Crippen molar-refractivity contribution in [3.8, 4) is 5.69 Å². The maximum absolute atomic E-state index is 13.6. The molecule has 0 aliphatic heterocycles. The zero-order chi connectivity index (χ0) is 22.6. The van der Waals surface area contributed by atoms with Gasteiger partial charge in [-0.1, -0.05) is 6.07 Å². The Morgan fingerprint density at radius 3 is 2.52 bits per heavy atom. The zero-order valence-electron chi connectivity index (χ0n) is 16.4. The summed E-state index contributed by atoms with van der Waals surface area (Å²) in [6.07, 6.45) is -0.971. The fourth-order valence-corrected chi connectivity index (χ4v) is 2.77. The minimum Gasteiger partial charge on any atom is -0.462 e. The van der Waals surface area contributed by atoms with Gasteiger partial charge >= 0.3 is 12.1 Å². The normalized spacial score (nSPS) is 12.0. The first-order chi connectivity index (χ1) is 14.7. The van der Waals surface area contributed by atoms with Gasteiger partial charge < -0.3 is 10.5 Å². The van der Waals surface area contributed by atoms with Crippen molar-refractivity contribution >= 4 is 17.4 Å². The van der Waals surface area contributed by atoms with Crippen LogP contribution in [0.5, 0.6) is 0 Å². The van der Waals surface area contributed by atoms with Crippen molar-refractivity contribution < 1.29 is 22.7 Å². The number of aromatic nitrogens is 3. The summed E-state index contributed by atoms with van der Waals surface area (Å²) in [6, 6.07) is 11.0. The lowest BCUT2D eigenvalue weighted by atomic mass is 10.2. The third-order valence-electron chi connectivity index (χ3n) is 4.16. The Kier molecular flexibility index (Phi) is 6.25. The molecule has 0 spiro atoms. The predicted molar refractivity (Wildman–Crippen MR) is 108 cm³/mol. The maximum Gasteiger partial charge on any atom is 0.434 e. The summed E-state index contributed by atoms with van der Waals surface area (Å²) in [5.41, 5.74) is 5.45. The van der Waals surface area contributed by atoms with Gasteiger partial charge in [-0.2, -0.15) is 18.3 Å². The van der Waals surface area contributed by atoms with Crippen LogP contribution >= 0.6 is 0 Å². The van der Waals surface area contributed by atoms with Crippen molar-refractivity contribution in [1.29, 1.82) is 0 Å². The van der Waals surface area contributed by atoms with Crippen molar-refractivity contribution in [1.82, 2.24) is 14.8 Å². The average molecular weight is 432 g/mol. The summed E-state index contributed by atoms with van der Waals surface area (Å²) >= 11 is 0. The summed E-state index contributed by atoms with van der Waals surface area (Å²) in [5.74, 6) is 4.89. The molecule has 11 heteroatoms. The molecule has 8 nitrogen and oxygen atoms in total. The molecule has 0 amide bonds. The number of benzene rings is 1. The van der Waals surface area contributed by atoms with E-state index in [1.807, 2.05) is 0 Å². The molecular formula is C20H19F3N6O2. The van der Waals surface area contributed by atoms with Crippen LogP contribution in [0.15, 0.2) is 61.1 Å². The number of nitrogens with zero attached hydrogens (tertiary/aromatic N) is 4. The molecule has 0 fully saturated rings. The number of hydrogen-bond acceptors (Lipinski definition) is 7. The minimum absolute atomic E-state index is 0.0580. The Labute approximate surface area is 175 Å². The molecule has 0 bridgehead atoms. The third kappa shape index (κ3) is 4.83. The quantitative estimate of drug-likeness (QED) is 0.350. The largest absolute Gasteiger partial charge is 0.462 e. The van der Waals surface area contributed by atoms with Crippen LogP contribution in [-0.4, -0.2) is 27.3 Å². The van der Waals surface area contributed by atoms with Crippen LogP contribution in [0.2, 0.25) is 0 Å². The van der Waals surface area contributed by atoms with Crippen molar-refractivity contribution in [3.63, 3.8) is 0 Å². The molecule has 0 radical (unpaired) electrons. The van der Waals surface area contributed by atoms with E-state index in [1.165, 1.54) is 42.4 Å². The number of alkyl halides is 3. The molecule has 0 aliphatic carbocycles. The van der Waals surface area contributed by atoms with Gasteiger partial charge in [-0.15, -0.1) is 0 Å². The Morgan fingerprint density at radius 1 is 1.23 bits per heavy atom. The Hall–Kier alpha value is -3.86. The topological polar surface area (TPSA) is 112 Å². The number of hydrogen-bond donors (Lipinski definition) is 2. The molecule has 1 aromatic carbocycles. The number of nitrogens with two attached hydrogens (primary N) is 2. The molecule has 0 saturated heterocycles. The summed E-state index contributed by atoms with van der Waals surface area (Å²) < 4.78 is 46.2. The lowest BCUT2D eigenvalue weighted by Crippen LogP contribution is -2.25. The molecule has 0 unspecified atom stereocenters. The molecule has 0 atom stereocenters. The van der Waals surface area contributed by atoms with Crippen LogP contribution < -0.4 is 16.6 Å². The Morgan fingerprint density at radius 2 is 1.94 bits per heavy atom. The molecule has 0 aliphatic rings. The van der Waals surface area contributed by atoms with Crippen molar-refractivity contribution in [2.45, 2.75) is 13.1 Å². The first-order valence-corrected chi connectivity index (χ1v) is 9.07. The second kappa shape index (κ2) is 8.88. The van der Waals surface area contributed by atoms with E-state index in [-0.39, 0.29) is 12.3 Å². The first kappa shape index (κ1) is 21.8. The first-order valence-electron chi connectivity index (χ1n) is 9.07.